The Morgan fingerprint density at radius 1 is 1.44 bits per heavy atom. The van der Waals surface area contributed by atoms with Crippen molar-refractivity contribution in [2.45, 2.75) is 19.5 Å². The third kappa shape index (κ3) is 2.37. The molecule has 0 bridgehead atoms. The summed E-state index contributed by atoms with van der Waals surface area (Å²) in [6, 6.07) is 1.75. The zero-order valence-corrected chi connectivity index (χ0v) is 10.1. The van der Waals surface area contributed by atoms with Gasteiger partial charge in [-0.25, -0.2) is 13.5 Å². The molecule has 1 N–H and O–H groups in total. The molecule has 2 rings (SSSR count). The normalized spacial score (nSPS) is 11.4. The maximum absolute atomic E-state index is 12.5. The van der Waals surface area contributed by atoms with Gasteiger partial charge in [0.15, 0.2) is 0 Å². The number of aryl methyl sites for hydroxylation is 1. The Hall–Kier alpha value is -1.83. The molecule has 18 heavy (non-hydrogen) atoms. The second kappa shape index (κ2) is 5.21. The van der Waals surface area contributed by atoms with E-state index in [1.807, 2.05) is 0 Å². The number of nitrogens with one attached hydrogen (secondary N) is 1. The molecule has 0 aliphatic rings. The van der Waals surface area contributed by atoms with E-state index in [4.69, 9.17) is 0 Å². The zero-order chi connectivity index (χ0) is 13.1. The van der Waals surface area contributed by atoms with E-state index in [2.05, 4.69) is 20.7 Å². The first-order valence-electron chi connectivity index (χ1n) is 5.47. The number of nitrogens with zero attached hydrogens (tertiary/aromatic N) is 5. The Balaban J connectivity index is 2.47. The Labute approximate surface area is 103 Å². The lowest BCUT2D eigenvalue weighted by atomic mass is 10.2. The van der Waals surface area contributed by atoms with Crippen molar-refractivity contribution in [3.8, 4) is 11.4 Å². The van der Waals surface area contributed by atoms with Crippen LogP contribution in [0.2, 0.25) is 0 Å². The predicted octanol–water partition coefficient (Wildman–Crippen LogP) is 0.663. The van der Waals surface area contributed by atoms with Crippen LogP contribution in [0.25, 0.3) is 11.4 Å². The molecule has 0 aromatic carbocycles. The molecule has 0 atom stereocenters. The first-order chi connectivity index (χ1) is 8.63. The Kier molecular flexibility index (Phi) is 3.66. The van der Waals surface area contributed by atoms with Gasteiger partial charge in [0, 0.05) is 19.8 Å². The van der Waals surface area contributed by atoms with Gasteiger partial charge in [-0.3, -0.25) is 4.68 Å². The summed E-state index contributed by atoms with van der Waals surface area (Å²) in [6.07, 6.45) is -0.862. The minimum atomic E-state index is -2.47. The van der Waals surface area contributed by atoms with Gasteiger partial charge in [0.05, 0.1) is 5.69 Å². The lowest BCUT2D eigenvalue weighted by Crippen LogP contribution is -2.12. The van der Waals surface area contributed by atoms with E-state index < -0.39 is 13.0 Å². The van der Waals surface area contributed by atoms with Crippen LogP contribution in [0, 0.1) is 0 Å². The van der Waals surface area contributed by atoms with Gasteiger partial charge < -0.3 is 5.32 Å². The van der Waals surface area contributed by atoms with Crippen molar-refractivity contribution in [2.24, 2.45) is 7.05 Å². The zero-order valence-electron chi connectivity index (χ0n) is 10.1. The first-order valence-corrected chi connectivity index (χ1v) is 5.47. The number of aromatic nitrogens is 5. The van der Waals surface area contributed by atoms with Crippen molar-refractivity contribution in [2.75, 3.05) is 7.05 Å². The summed E-state index contributed by atoms with van der Waals surface area (Å²) in [6.45, 7) is -0.0129. The summed E-state index contributed by atoms with van der Waals surface area (Å²) in [4.78, 5) is 0. The van der Waals surface area contributed by atoms with Crippen molar-refractivity contribution >= 4 is 0 Å². The molecule has 2 heterocycles. The third-order valence-electron chi connectivity index (χ3n) is 2.52. The maximum Gasteiger partial charge on any atom is 0.258 e. The van der Waals surface area contributed by atoms with Crippen molar-refractivity contribution < 1.29 is 8.78 Å². The van der Waals surface area contributed by atoms with Crippen LogP contribution in [0.3, 0.4) is 0 Å². The fourth-order valence-corrected chi connectivity index (χ4v) is 1.78. The van der Waals surface area contributed by atoms with E-state index in [1.165, 1.54) is 4.68 Å². The molecule has 0 fully saturated rings. The van der Waals surface area contributed by atoms with Gasteiger partial charge in [-0.1, -0.05) is 5.21 Å². The Morgan fingerprint density at radius 3 is 2.78 bits per heavy atom. The summed E-state index contributed by atoms with van der Waals surface area (Å²) in [5.41, 5.74) is 1.91. The van der Waals surface area contributed by atoms with Crippen LogP contribution in [-0.2, 0) is 20.1 Å². The highest BCUT2D eigenvalue weighted by atomic mass is 19.3. The van der Waals surface area contributed by atoms with Crippen molar-refractivity contribution in [1.82, 2.24) is 30.1 Å². The second-order valence-electron chi connectivity index (χ2n) is 3.83. The number of alkyl halides is 2. The third-order valence-corrected chi connectivity index (χ3v) is 2.52. The molecule has 2 aromatic rings. The molecule has 6 nitrogen and oxygen atoms in total. The summed E-state index contributed by atoms with van der Waals surface area (Å²) >= 11 is 0. The Bertz CT molecular complexity index is 518. The van der Waals surface area contributed by atoms with E-state index in [0.29, 0.717) is 23.6 Å². The van der Waals surface area contributed by atoms with E-state index in [-0.39, 0.29) is 0 Å². The topological polar surface area (TPSA) is 60.6 Å². The number of hydrogen-bond acceptors (Lipinski definition) is 4. The minimum Gasteiger partial charge on any atom is -0.314 e. The standard InChI is InChI=1S/C10H14F2N6/c1-13-5-7-10(8-3-4-14-17(8)2)18(16-15-7)6-9(11)12/h3-4,9,13H,5-6H2,1-2H3. The van der Waals surface area contributed by atoms with Crippen molar-refractivity contribution in [3.05, 3.63) is 18.0 Å². The van der Waals surface area contributed by atoms with Crippen LogP contribution in [-0.4, -0.2) is 38.2 Å². The van der Waals surface area contributed by atoms with Crippen LogP contribution >= 0.6 is 0 Å². The lowest BCUT2D eigenvalue weighted by molar-refractivity contribution is 0.121. The molecule has 0 saturated heterocycles. The highest BCUT2D eigenvalue weighted by Gasteiger charge is 2.19. The molecular formula is C10H14F2N6. The fraction of sp³-hybridized carbons (Fsp3) is 0.500. The molecule has 2 aromatic heterocycles. The van der Waals surface area contributed by atoms with Crippen molar-refractivity contribution in [3.63, 3.8) is 0 Å². The van der Waals surface area contributed by atoms with Gasteiger partial charge in [0.25, 0.3) is 6.43 Å². The summed E-state index contributed by atoms with van der Waals surface area (Å²) in [7, 11) is 3.51. The molecule has 98 valence electrons. The molecule has 0 saturated carbocycles. The van der Waals surface area contributed by atoms with Gasteiger partial charge in [0.1, 0.15) is 17.9 Å². The van der Waals surface area contributed by atoms with Crippen LogP contribution in [0.4, 0.5) is 8.78 Å². The fourth-order valence-electron chi connectivity index (χ4n) is 1.78. The average molecular weight is 256 g/mol. The van der Waals surface area contributed by atoms with Gasteiger partial charge in [0.2, 0.25) is 0 Å². The summed E-state index contributed by atoms with van der Waals surface area (Å²) in [5.74, 6) is 0. The molecule has 0 aliphatic carbocycles. The molecule has 0 amide bonds. The molecule has 0 spiro atoms. The van der Waals surface area contributed by atoms with Crippen molar-refractivity contribution in [1.29, 1.82) is 0 Å². The van der Waals surface area contributed by atoms with Gasteiger partial charge >= 0.3 is 0 Å². The molecule has 0 aliphatic heterocycles. The molecule has 0 unspecified atom stereocenters. The quantitative estimate of drug-likeness (QED) is 0.854. The maximum atomic E-state index is 12.5. The number of hydrogen-bond donors (Lipinski definition) is 1. The summed E-state index contributed by atoms with van der Waals surface area (Å²) in [5, 5.41) is 14.7. The van der Waals surface area contributed by atoms with Crippen LogP contribution in [0.1, 0.15) is 5.69 Å². The predicted molar refractivity (Wildman–Crippen MR) is 61.0 cm³/mol. The molecular weight excluding hydrogens is 242 g/mol. The minimum absolute atomic E-state index is 0.462. The Morgan fingerprint density at radius 2 is 2.22 bits per heavy atom. The monoisotopic (exact) mass is 256 g/mol. The summed E-state index contributed by atoms with van der Waals surface area (Å²) < 4.78 is 27.8. The van der Waals surface area contributed by atoms with E-state index in [9.17, 15) is 8.78 Å². The first kappa shape index (κ1) is 12.6. The lowest BCUT2D eigenvalue weighted by Gasteiger charge is -2.07. The second-order valence-corrected chi connectivity index (χ2v) is 3.83. The van der Waals surface area contributed by atoms with Crippen LogP contribution in [0.15, 0.2) is 12.3 Å². The molecule has 0 radical (unpaired) electrons. The number of rotatable bonds is 5. The SMILES string of the molecule is CNCc1nnn(CC(F)F)c1-c1ccnn1C. The van der Waals surface area contributed by atoms with E-state index in [1.54, 1.807) is 31.0 Å². The van der Waals surface area contributed by atoms with Gasteiger partial charge in [-0.15, -0.1) is 5.10 Å². The van der Waals surface area contributed by atoms with Gasteiger partial charge in [-0.05, 0) is 13.1 Å². The van der Waals surface area contributed by atoms with Gasteiger partial charge in [-0.2, -0.15) is 5.10 Å². The van der Waals surface area contributed by atoms with Crippen LogP contribution in [0.5, 0.6) is 0 Å². The van der Waals surface area contributed by atoms with E-state index in [0.717, 1.165) is 0 Å². The highest BCUT2D eigenvalue weighted by Crippen LogP contribution is 2.22. The highest BCUT2D eigenvalue weighted by molar-refractivity contribution is 5.57. The average Bonchev–Trinajstić information content (AvgIpc) is 2.86. The number of halogens is 2. The van der Waals surface area contributed by atoms with Crippen LogP contribution < -0.4 is 5.32 Å². The smallest absolute Gasteiger partial charge is 0.258 e. The largest absolute Gasteiger partial charge is 0.314 e. The van der Waals surface area contributed by atoms with E-state index >= 15 is 0 Å². The molecule has 8 heteroatoms.